The first kappa shape index (κ1) is 35.2. The van der Waals surface area contributed by atoms with Crippen molar-refractivity contribution >= 4 is 11.9 Å². The summed E-state index contributed by atoms with van der Waals surface area (Å²) >= 11 is 0. The van der Waals surface area contributed by atoms with E-state index in [4.69, 9.17) is 9.47 Å². The molecule has 0 aromatic heterocycles. The standard InChI is InChI=1S/C36H56N2O4/c39-35(41-33-27-21-19-25-31-37-33)29-23-17-15-13-11-9-7-5-3-1-2-4-6-8-10-12-14-16-18-24-30-36(40)42-34-28-22-20-26-32-38-34/h19-22,25-28,31-32,37-38H,1-18,23-24,29-30H2. The van der Waals surface area contributed by atoms with Crippen LogP contribution in [-0.2, 0) is 19.1 Å². The van der Waals surface area contributed by atoms with Gasteiger partial charge in [-0.1, -0.05) is 140 Å². The van der Waals surface area contributed by atoms with Gasteiger partial charge in [-0.2, -0.15) is 0 Å². The molecule has 2 aliphatic rings. The van der Waals surface area contributed by atoms with E-state index in [1.807, 2.05) is 36.5 Å². The van der Waals surface area contributed by atoms with Crippen molar-refractivity contribution in [2.75, 3.05) is 0 Å². The van der Waals surface area contributed by atoms with Crippen LogP contribution in [0.15, 0.2) is 72.8 Å². The molecule has 234 valence electrons. The third kappa shape index (κ3) is 20.8. The normalized spacial score (nSPS) is 13.9. The summed E-state index contributed by atoms with van der Waals surface area (Å²) in [5.41, 5.74) is 0. The van der Waals surface area contributed by atoms with Gasteiger partial charge in [0, 0.05) is 25.2 Å². The van der Waals surface area contributed by atoms with Gasteiger partial charge in [0.15, 0.2) is 0 Å². The van der Waals surface area contributed by atoms with Crippen LogP contribution in [0, 0.1) is 0 Å². The number of hydrogen-bond donors (Lipinski definition) is 2. The lowest BCUT2D eigenvalue weighted by atomic mass is 10.0. The number of carbonyl (C=O) groups is 2. The number of esters is 2. The lowest BCUT2D eigenvalue weighted by molar-refractivity contribution is -0.141. The summed E-state index contributed by atoms with van der Waals surface area (Å²) in [4.78, 5) is 23.8. The first-order chi connectivity index (χ1) is 20.7. The molecule has 0 aromatic carbocycles. The van der Waals surface area contributed by atoms with Gasteiger partial charge in [0.2, 0.25) is 11.8 Å². The third-order valence-corrected chi connectivity index (χ3v) is 7.54. The first-order valence-corrected chi connectivity index (χ1v) is 16.8. The molecular formula is C36H56N2O4. The third-order valence-electron chi connectivity index (χ3n) is 7.54. The summed E-state index contributed by atoms with van der Waals surface area (Å²) in [6, 6.07) is 0. The molecule has 0 spiro atoms. The topological polar surface area (TPSA) is 76.7 Å². The smallest absolute Gasteiger partial charge is 0.312 e. The Labute approximate surface area is 255 Å². The Balaban J connectivity index is 1.22. The molecule has 2 rings (SSSR count). The fourth-order valence-electron chi connectivity index (χ4n) is 5.08. The van der Waals surface area contributed by atoms with Gasteiger partial charge < -0.3 is 20.1 Å². The van der Waals surface area contributed by atoms with Gasteiger partial charge in [0.1, 0.15) is 0 Å². The molecular weight excluding hydrogens is 524 g/mol. The van der Waals surface area contributed by atoms with E-state index >= 15 is 0 Å². The van der Waals surface area contributed by atoms with Crippen molar-refractivity contribution in [2.24, 2.45) is 0 Å². The second-order valence-corrected chi connectivity index (χ2v) is 11.4. The second kappa shape index (κ2) is 25.7. The minimum atomic E-state index is -0.157. The fourth-order valence-corrected chi connectivity index (χ4v) is 5.08. The molecule has 6 nitrogen and oxygen atoms in total. The molecule has 0 saturated heterocycles. The predicted molar refractivity (Wildman–Crippen MR) is 173 cm³/mol. The van der Waals surface area contributed by atoms with Crippen LogP contribution >= 0.6 is 0 Å². The van der Waals surface area contributed by atoms with E-state index in [9.17, 15) is 9.59 Å². The van der Waals surface area contributed by atoms with Crippen molar-refractivity contribution in [3.05, 3.63) is 72.8 Å². The number of carbonyl (C=O) groups excluding carboxylic acids is 2. The molecule has 0 radical (unpaired) electrons. The van der Waals surface area contributed by atoms with Crippen molar-refractivity contribution < 1.29 is 19.1 Å². The zero-order valence-electron chi connectivity index (χ0n) is 26.0. The van der Waals surface area contributed by atoms with Crippen LogP contribution in [0.3, 0.4) is 0 Å². The number of nitrogens with one attached hydrogen (secondary N) is 2. The molecule has 0 fully saturated rings. The highest BCUT2D eigenvalue weighted by Crippen LogP contribution is 2.16. The average Bonchev–Trinajstić information content (AvgIpc) is 3.41. The molecule has 0 bridgehead atoms. The van der Waals surface area contributed by atoms with Gasteiger partial charge in [-0.25, -0.2) is 0 Å². The predicted octanol–water partition coefficient (Wildman–Crippen LogP) is 9.68. The lowest BCUT2D eigenvalue weighted by Gasteiger charge is -2.07. The van der Waals surface area contributed by atoms with E-state index in [1.54, 1.807) is 24.6 Å². The maximum absolute atomic E-state index is 11.9. The quantitative estimate of drug-likeness (QED) is 0.0827. The second-order valence-electron chi connectivity index (χ2n) is 11.4. The van der Waals surface area contributed by atoms with Crippen molar-refractivity contribution in [1.82, 2.24) is 10.6 Å². The summed E-state index contributed by atoms with van der Waals surface area (Å²) in [7, 11) is 0. The molecule has 2 aliphatic heterocycles. The largest absolute Gasteiger partial charge is 0.410 e. The summed E-state index contributed by atoms with van der Waals surface area (Å²) in [5, 5.41) is 5.90. The zero-order chi connectivity index (χ0) is 29.8. The molecule has 2 heterocycles. The molecule has 0 aliphatic carbocycles. The zero-order valence-corrected chi connectivity index (χ0v) is 26.0. The molecule has 42 heavy (non-hydrogen) atoms. The Bertz CT molecular complexity index is 839. The highest BCUT2D eigenvalue weighted by Gasteiger charge is 2.07. The summed E-state index contributed by atoms with van der Waals surface area (Å²) in [6.45, 7) is 0. The maximum atomic E-state index is 11.9. The van der Waals surface area contributed by atoms with Crippen molar-refractivity contribution in [1.29, 1.82) is 0 Å². The SMILES string of the molecule is O=C(CCCCCCCCCCCCCCCCCCCCCCC(=O)OC1=CC=CC=CN1)OC1=CC=CC=CN1. The molecule has 0 unspecified atom stereocenters. The summed E-state index contributed by atoms with van der Waals surface area (Å²) in [5.74, 6) is 0.677. The van der Waals surface area contributed by atoms with Crippen molar-refractivity contribution in [2.45, 2.75) is 141 Å². The van der Waals surface area contributed by atoms with Gasteiger partial charge in [-0.3, -0.25) is 9.59 Å². The minimum Gasteiger partial charge on any atom is -0.410 e. The van der Waals surface area contributed by atoms with E-state index in [0.717, 1.165) is 25.7 Å². The van der Waals surface area contributed by atoms with Gasteiger partial charge in [0.25, 0.3) is 0 Å². The summed E-state index contributed by atoms with van der Waals surface area (Å²) in [6.07, 6.45) is 44.6. The maximum Gasteiger partial charge on any atom is 0.312 e. The van der Waals surface area contributed by atoms with Gasteiger partial charge in [0.05, 0.1) is 0 Å². The number of hydrogen-bond acceptors (Lipinski definition) is 6. The monoisotopic (exact) mass is 580 g/mol. The molecule has 0 saturated carbocycles. The van der Waals surface area contributed by atoms with Crippen LogP contribution < -0.4 is 10.6 Å². The molecule has 0 aromatic rings. The molecule has 2 N–H and O–H groups in total. The van der Waals surface area contributed by atoms with E-state index < -0.39 is 0 Å². The van der Waals surface area contributed by atoms with Gasteiger partial charge in [-0.05, 0) is 37.1 Å². The van der Waals surface area contributed by atoms with Crippen LogP contribution in [0.1, 0.15) is 141 Å². The van der Waals surface area contributed by atoms with Crippen LogP contribution in [0.5, 0.6) is 0 Å². The van der Waals surface area contributed by atoms with E-state index in [2.05, 4.69) is 10.6 Å². The number of allylic oxidation sites excluding steroid dienone is 8. The molecule has 6 heteroatoms. The molecule has 0 amide bonds. The highest BCUT2D eigenvalue weighted by molar-refractivity contribution is 5.71. The number of ether oxygens (including phenoxy) is 2. The van der Waals surface area contributed by atoms with Crippen LogP contribution in [0.2, 0.25) is 0 Å². The Kier molecular flexibility index (Phi) is 21.5. The lowest BCUT2D eigenvalue weighted by Crippen LogP contribution is -2.13. The van der Waals surface area contributed by atoms with Crippen LogP contribution in [-0.4, -0.2) is 11.9 Å². The van der Waals surface area contributed by atoms with Crippen molar-refractivity contribution in [3.8, 4) is 0 Å². The van der Waals surface area contributed by atoms with Crippen LogP contribution in [0.4, 0.5) is 0 Å². The highest BCUT2D eigenvalue weighted by atomic mass is 16.6. The minimum absolute atomic E-state index is 0.157. The Hall–Kier alpha value is -3.02. The number of unbranched alkanes of at least 4 members (excludes halogenated alkanes) is 19. The van der Waals surface area contributed by atoms with Gasteiger partial charge >= 0.3 is 11.9 Å². The Morgan fingerprint density at radius 3 is 1.00 bits per heavy atom. The van der Waals surface area contributed by atoms with E-state index in [0.29, 0.717) is 24.6 Å². The fraction of sp³-hybridized carbons (Fsp3) is 0.611. The average molecular weight is 581 g/mol. The van der Waals surface area contributed by atoms with Gasteiger partial charge in [-0.15, -0.1) is 0 Å². The van der Waals surface area contributed by atoms with E-state index in [1.165, 1.54) is 103 Å². The first-order valence-electron chi connectivity index (χ1n) is 16.8. The Morgan fingerprint density at radius 1 is 0.405 bits per heavy atom. The van der Waals surface area contributed by atoms with Crippen LogP contribution in [0.25, 0.3) is 0 Å². The summed E-state index contributed by atoms with van der Waals surface area (Å²) < 4.78 is 10.7. The van der Waals surface area contributed by atoms with Crippen molar-refractivity contribution in [3.63, 3.8) is 0 Å². The Morgan fingerprint density at radius 2 is 0.690 bits per heavy atom. The van der Waals surface area contributed by atoms with E-state index in [-0.39, 0.29) is 11.9 Å². The molecule has 0 atom stereocenters. The number of rotatable bonds is 25.